The molecule has 0 N–H and O–H groups in total. The topological polar surface area (TPSA) is 120 Å². The maximum Gasteiger partial charge on any atom is 3.00 e. The van der Waals surface area contributed by atoms with Gasteiger partial charge in [-0.3, -0.25) is 0 Å². The van der Waals surface area contributed by atoms with Gasteiger partial charge in [0.2, 0.25) is 0 Å². The molecular formula is C12H12AlCl3O6. The molecule has 0 saturated heterocycles. The number of carboxylic acid groups (broad SMARTS) is 3. The van der Waals surface area contributed by atoms with E-state index in [2.05, 4.69) is 0 Å². The van der Waals surface area contributed by atoms with Crippen LogP contribution in [0.5, 0.6) is 0 Å². The Morgan fingerprint density at radius 1 is 0.636 bits per heavy atom. The van der Waals surface area contributed by atoms with Gasteiger partial charge in [-0.15, -0.1) is 0 Å². The van der Waals surface area contributed by atoms with Crippen molar-refractivity contribution in [2.75, 3.05) is 0 Å². The van der Waals surface area contributed by atoms with Crippen LogP contribution in [0, 0.1) is 0 Å². The second-order valence-corrected chi connectivity index (χ2v) is 3.99. The van der Waals surface area contributed by atoms with Crippen LogP contribution in [0.2, 0.25) is 0 Å². The van der Waals surface area contributed by atoms with E-state index in [1.54, 1.807) is 0 Å². The molecule has 0 aliphatic heterocycles. The summed E-state index contributed by atoms with van der Waals surface area (Å²) in [4.78, 5) is 28.9. The first-order valence-electron chi connectivity index (χ1n) is 5.14. The Morgan fingerprint density at radius 2 is 0.773 bits per heavy atom. The predicted molar refractivity (Wildman–Crippen MR) is 79.6 cm³/mol. The van der Waals surface area contributed by atoms with Gasteiger partial charge in [0, 0.05) is 0 Å². The fourth-order valence-corrected chi connectivity index (χ4v) is 0.354. The number of allylic oxidation sites excluding steroid dienone is 3. The van der Waals surface area contributed by atoms with Crippen molar-refractivity contribution in [3.63, 3.8) is 0 Å². The van der Waals surface area contributed by atoms with Crippen LogP contribution >= 0.6 is 34.8 Å². The zero-order valence-corrected chi connectivity index (χ0v) is 15.3. The molecular weight excluding hydrogens is 373 g/mol. The Bertz CT molecular complexity index is 391. The second kappa shape index (κ2) is 18.1. The Morgan fingerprint density at radius 3 is 0.773 bits per heavy atom. The van der Waals surface area contributed by atoms with Crippen LogP contribution in [-0.2, 0) is 14.4 Å². The molecule has 0 aromatic rings. The molecule has 0 aromatic carbocycles. The first kappa shape index (κ1) is 29.1. The molecule has 0 fully saturated rings. The van der Waals surface area contributed by atoms with E-state index in [0.717, 1.165) is 0 Å². The molecule has 120 valence electrons. The molecule has 0 amide bonds. The number of hydrogen-bond donors (Lipinski definition) is 0. The molecule has 0 aliphatic rings. The van der Waals surface area contributed by atoms with Crippen molar-refractivity contribution in [3.8, 4) is 0 Å². The van der Waals surface area contributed by atoms with Crippen LogP contribution in [0.4, 0.5) is 0 Å². The van der Waals surface area contributed by atoms with Gasteiger partial charge in [-0.2, -0.15) is 0 Å². The minimum Gasteiger partial charge on any atom is -0.544 e. The third-order valence-corrected chi connectivity index (χ3v) is 2.46. The van der Waals surface area contributed by atoms with Gasteiger partial charge in [-0.1, -0.05) is 53.0 Å². The van der Waals surface area contributed by atoms with Gasteiger partial charge in [0.25, 0.3) is 0 Å². The summed E-state index contributed by atoms with van der Waals surface area (Å²) >= 11 is 15.0. The molecule has 0 aliphatic carbocycles. The molecule has 22 heavy (non-hydrogen) atoms. The van der Waals surface area contributed by atoms with Crippen molar-refractivity contribution in [2.45, 2.75) is 20.8 Å². The molecule has 0 bridgehead atoms. The zero-order valence-electron chi connectivity index (χ0n) is 11.9. The van der Waals surface area contributed by atoms with Crippen molar-refractivity contribution < 1.29 is 29.7 Å². The minimum atomic E-state index is -1.33. The van der Waals surface area contributed by atoms with Gasteiger partial charge >= 0.3 is 17.4 Å². The van der Waals surface area contributed by atoms with Gasteiger partial charge in [0.1, 0.15) is 0 Å². The maximum absolute atomic E-state index is 9.62. The van der Waals surface area contributed by atoms with Crippen LogP contribution in [-0.4, -0.2) is 35.3 Å². The van der Waals surface area contributed by atoms with Gasteiger partial charge in [0.05, 0.1) is 33.0 Å². The standard InChI is InChI=1S/3C4H5ClO2.Al/c3*1-2-3(5)4(6)7;/h3*2H,1H3,(H,6,7);/q;;;+3/p-3/b3*3-2-;. The number of carbonyl (C=O) groups excluding carboxylic acids is 3. The van der Waals surface area contributed by atoms with E-state index >= 15 is 0 Å². The van der Waals surface area contributed by atoms with Crippen molar-refractivity contribution in [1.82, 2.24) is 0 Å². The summed E-state index contributed by atoms with van der Waals surface area (Å²) in [6, 6.07) is 0. The SMILES string of the molecule is C/C=C(\Cl)C(=O)[O-].C/C=C(\Cl)C(=O)[O-].C/C=C(\Cl)C(=O)[O-].[Al+3]. The van der Waals surface area contributed by atoms with E-state index in [-0.39, 0.29) is 32.5 Å². The van der Waals surface area contributed by atoms with Crippen LogP contribution in [0.25, 0.3) is 0 Å². The van der Waals surface area contributed by atoms with E-state index in [1.165, 1.54) is 39.0 Å². The van der Waals surface area contributed by atoms with Crippen molar-refractivity contribution in [3.05, 3.63) is 33.3 Å². The summed E-state index contributed by atoms with van der Waals surface area (Å²) < 4.78 is 0. The van der Waals surface area contributed by atoms with E-state index in [0.29, 0.717) is 0 Å². The molecule has 0 aromatic heterocycles. The number of carboxylic acids is 3. The Labute approximate surface area is 153 Å². The maximum atomic E-state index is 9.62. The fraction of sp³-hybridized carbons (Fsp3) is 0.250. The number of halogens is 3. The summed E-state index contributed by atoms with van der Waals surface area (Å²) in [6.07, 6.45) is 3.78. The summed E-state index contributed by atoms with van der Waals surface area (Å²) in [5.41, 5.74) is 0. The summed E-state index contributed by atoms with van der Waals surface area (Å²) in [5.74, 6) is -3.99. The minimum absolute atomic E-state index is 0. The number of hydrogen-bond acceptors (Lipinski definition) is 6. The van der Waals surface area contributed by atoms with E-state index in [9.17, 15) is 29.7 Å². The Kier molecular flexibility index (Phi) is 23.9. The van der Waals surface area contributed by atoms with E-state index in [4.69, 9.17) is 34.8 Å². The smallest absolute Gasteiger partial charge is 0.544 e. The van der Waals surface area contributed by atoms with Gasteiger partial charge in [-0.25, -0.2) is 0 Å². The predicted octanol–water partition coefficient (Wildman–Crippen LogP) is -0.744. The molecule has 6 nitrogen and oxygen atoms in total. The average Bonchev–Trinajstić information content (AvgIpc) is 2.45. The van der Waals surface area contributed by atoms with Crippen LogP contribution in [0.3, 0.4) is 0 Å². The summed E-state index contributed by atoms with van der Waals surface area (Å²) in [5, 5.41) is 28.1. The molecule has 0 saturated carbocycles. The molecule has 0 heterocycles. The number of aliphatic carboxylic acids is 3. The number of carbonyl (C=O) groups is 3. The molecule has 0 unspecified atom stereocenters. The third kappa shape index (κ3) is 21.3. The Balaban J connectivity index is -0.000000108. The van der Waals surface area contributed by atoms with Crippen LogP contribution in [0.1, 0.15) is 20.8 Å². The largest absolute Gasteiger partial charge is 3.00 e. The zero-order chi connectivity index (χ0) is 17.6. The normalized spacial score (nSPS) is 10.9. The van der Waals surface area contributed by atoms with Gasteiger partial charge in [-0.05, 0) is 20.8 Å². The molecule has 0 spiro atoms. The molecule has 10 heteroatoms. The van der Waals surface area contributed by atoms with Crippen LogP contribution in [0.15, 0.2) is 33.3 Å². The first-order valence-corrected chi connectivity index (χ1v) is 6.27. The molecule has 0 rings (SSSR count). The van der Waals surface area contributed by atoms with Crippen molar-refractivity contribution in [2.24, 2.45) is 0 Å². The van der Waals surface area contributed by atoms with Gasteiger partial charge in [0.15, 0.2) is 0 Å². The quantitative estimate of drug-likeness (QED) is 0.466. The molecule has 0 atom stereocenters. The first-order chi connectivity index (χ1) is 9.54. The van der Waals surface area contributed by atoms with E-state index < -0.39 is 17.9 Å². The average molecular weight is 386 g/mol. The third-order valence-electron chi connectivity index (χ3n) is 1.35. The molecule has 0 radical (unpaired) electrons. The number of rotatable bonds is 3. The van der Waals surface area contributed by atoms with Crippen LogP contribution < -0.4 is 15.3 Å². The van der Waals surface area contributed by atoms with Crippen molar-refractivity contribution in [1.29, 1.82) is 0 Å². The van der Waals surface area contributed by atoms with E-state index in [1.807, 2.05) is 0 Å². The van der Waals surface area contributed by atoms with Crippen molar-refractivity contribution >= 4 is 70.1 Å². The summed E-state index contributed by atoms with van der Waals surface area (Å²) in [6.45, 7) is 4.58. The Hall–Kier alpha value is -0.968. The monoisotopic (exact) mass is 384 g/mol. The van der Waals surface area contributed by atoms with Gasteiger partial charge < -0.3 is 29.7 Å². The summed E-state index contributed by atoms with van der Waals surface area (Å²) in [7, 11) is 0. The second-order valence-electron chi connectivity index (χ2n) is 2.77. The fourth-order valence-electron chi connectivity index (χ4n) is 0.354.